The van der Waals surface area contributed by atoms with Gasteiger partial charge in [-0.2, -0.15) is 0 Å². The highest BCUT2D eigenvalue weighted by Crippen LogP contribution is 2.23. The Morgan fingerprint density at radius 1 is 1.21 bits per heavy atom. The van der Waals surface area contributed by atoms with Crippen LogP contribution in [0.2, 0.25) is 0 Å². The Hall–Kier alpha value is -2.17. The topological polar surface area (TPSA) is 66.5 Å². The second kappa shape index (κ2) is 5.22. The van der Waals surface area contributed by atoms with Crippen molar-refractivity contribution in [2.45, 2.75) is 32.9 Å². The Morgan fingerprint density at radius 3 is 2.21 bits per heavy atom. The molecule has 0 spiro atoms. The number of nitrogens with one attached hydrogen (secondary N) is 1. The highest BCUT2D eigenvalue weighted by atomic mass is 16.2. The molecule has 0 fully saturated rings. The molecule has 0 aromatic heterocycles. The van der Waals surface area contributed by atoms with Crippen LogP contribution in [0, 0.1) is 0 Å². The number of amides is 3. The first-order chi connectivity index (χ1) is 9.06. The minimum Gasteiger partial charge on any atom is -0.336 e. The van der Waals surface area contributed by atoms with Gasteiger partial charge in [0.15, 0.2) is 0 Å². The second-order valence-electron chi connectivity index (χ2n) is 4.52. The van der Waals surface area contributed by atoms with E-state index >= 15 is 0 Å². The predicted molar refractivity (Wildman–Crippen MR) is 69.5 cm³/mol. The van der Waals surface area contributed by atoms with Gasteiger partial charge in [0.1, 0.15) is 6.17 Å². The van der Waals surface area contributed by atoms with E-state index in [9.17, 15) is 14.4 Å². The molecule has 0 bridgehead atoms. The molecule has 1 unspecified atom stereocenters. The van der Waals surface area contributed by atoms with E-state index in [1.54, 1.807) is 31.2 Å². The quantitative estimate of drug-likeness (QED) is 0.835. The first-order valence-corrected chi connectivity index (χ1v) is 6.32. The van der Waals surface area contributed by atoms with Crippen molar-refractivity contribution in [1.29, 1.82) is 0 Å². The van der Waals surface area contributed by atoms with E-state index in [0.29, 0.717) is 17.5 Å². The van der Waals surface area contributed by atoms with Gasteiger partial charge in [0.05, 0.1) is 11.1 Å². The maximum absolute atomic E-state index is 12.1. The molecule has 1 N–H and O–H groups in total. The lowest BCUT2D eigenvalue weighted by molar-refractivity contribution is -0.122. The third-order valence-electron chi connectivity index (χ3n) is 3.06. The van der Waals surface area contributed by atoms with Crippen molar-refractivity contribution in [3.63, 3.8) is 0 Å². The average Bonchev–Trinajstić information content (AvgIpc) is 2.63. The Balaban J connectivity index is 2.17. The summed E-state index contributed by atoms with van der Waals surface area (Å²) in [6.07, 6.45) is 0.472. The van der Waals surface area contributed by atoms with Crippen LogP contribution in [-0.4, -0.2) is 28.8 Å². The normalized spacial score (nSPS) is 15.4. The summed E-state index contributed by atoms with van der Waals surface area (Å²) in [7, 11) is 0. The highest BCUT2D eigenvalue weighted by molar-refractivity contribution is 6.21. The first-order valence-electron chi connectivity index (χ1n) is 6.32. The van der Waals surface area contributed by atoms with Crippen LogP contribution in [0.5, 0.6) is 0 Å². The number of imide groups is 1. The van der Waals surface area contributed by atoms with Crippen molar-refractivity contribution in [1.82, 2.24) is 10.2 Å². The smallest absolute Gasteiger partial charge is 0.263 e. The lowest BCUT2D eigenvalue weighted by Gasteiger charge is -2.23. The second-order valence-corrected chi connectivity index (χ2v) is 4.52. The van der Waals surface area contributed by atoms with Gasteiger partial charge >= 0.3 is 0 Å². The molecule has 1 atom stereocenters. The zero-order valence-corrected chi connectivity index (χ0v) is 11.0. The molecule has 1 aliphatic heterocycles. The molecule has 1 aromatic carbocycles. The minimum absolute atomic E-state index is 0.161. The van der Waals surface area contributed by atoms with E-state index in [4.69, 9.17) is 0 Å². The lowest BCUT2D eigenvalue weighted by atomic mass is 10.1. The number of fused-ring (bicyclic) bond motifs is 1. The van der Waals surface area contributed by atoms with Gasteiger partial charge in [0.25, 0.3) is 11.8 Å². The van der Waals surface area contributed by atoms with Gasteiger partial charge in [-0.05, 0) is 25.5 Å². The Morgan fingerprint density at radius 2 is 1.74 bits per heavy atom. The molecule has 19 heavy (non-hydrogen) atoms. The maximum Gasteiger partial charge on any atom is 0.263 e. The van der Waals surface area contributed by atoms with Crippen LogP contribution in [0.15, 0.2) is 24.3 Å². The molecular weight excluding hydrogens is 244 g/mol. The molecule has 1 heterocycles. The van der Waals surface area contributed by atoms with E-state index in [1.165, 1.54) is 0 Å². The molecule has 0 aliphatic carbocycles. The Kier molecular flexibility index (Phi) is 3.64. The van der Waals surface area contributed by atoms with Crippen LogP contribution < -0.4 is 5.32 Å². The average molecular weight is 260 g/mol. The number of benzene rings is 1. The summed E-state index contributed by atoms with van der Waals surface area (Å²) in [4.78, 5) is 36.9. The van der Waals surface area contributed by atoms with E-state index in [1.807, 2.05) is 6.92 Å². The van der Waals surface area contributed by atoms with Crippen molar-refractivity contribution in [3.8, 4) is 0 Å². The number of carbonyl (C=O) groups is 3. The van der Waals surface area contributed by atoms with Gasteiger partial charge in [-0.15, -0.1) is 0 Å². The van der Waals surface area contributed by atoms with Gasteiger partial charge in [0, 0.05) is 6.42 Å². The molecule has 1 aliphatic rings. The monoisotopic (exact) mass is 260 g/mol. The zero-order valence-electron chi connectivity index (χ0n) is 11.0. The van der Waals surface area contributed by atoms with Gasteiger partial charge < -0.3 is 5.32 Å². The van der Waals surface area contributed by atoms with Gasteiger partial charge in [-0.1, -0.05) is 19.1 Å². The molecule has 0 saturated carbocycles. The predicted octanol–water partition coefficient (Wildman–Crippen LogP) is 1.54. The molecule has 3 amide bonds. The van der Waals surface area contributed by atoms with Crippen LogP contribution in [0.25, 0.3) is 0 Å². The summed E-state index contributed by atoms with van der Waals surface area (Å²) in [5.74, 6) is -0.874. The Labute approximate surface area is 111 Å². The van der Waals surface area contributed by atoms with Crippen molar-refractivity contribution in [3.05, 3.63) is 35.4 Å². The first kappa shape index (κ1) is 13.3. The van der Waals surface area contributed by atoms with E-state index in [-0.39, 0.29) is 17.7 Å². The fraction of sp³-hybridized carbons (Fsp3) is 0.357. The molecule has 100 valence electrons. The molecule has 5 heteroatoms. The van der Waals surface area contributed by atoms with Crippen LogP contribution in [0.1, 0.15) is 47.4 Å². The summed E-state index contributed by atoms with van der Waals surface area (Å²) in [5, 5.41) is 2.66. The number of rotatable bonds is 4. The SMILES string of the molecule is CCCC(=O)NC(C)N1C(=O)c2ccccc2C1=O. The number of hydrogen-bond donors (Lipinski definition) is 1. The van der Waals surface area contributed by atoms with Gasteiger partial charge in [-0.3, -0.25) is 19.3 Å². The molecule has 0 radical (unpaired) electrons. The standard InChI is InChI=1S/C14H16N2O3/c1-3-6-12(17)15-9(2)16-13(18)10-7-4-5-8-11(10)14(16)19/h4-5,7-9H,3,6H2,1-2H3,(H,15,17). The minimum atomic E-state index is -0.633. The van der Waals surface area contributed by atoms with Crippen LogP contribution >= 0.6 is 0 Å². The van der Waals surface area contributed by atoms with Crippen LogP contribution in [-0.2, 0) is 4.79 Å². The molecule has 1 aromatic rings. The van der Waals surface area contributed by atoms with Crippen LogP contribution in [0.3, 0.4) is 0 Å². The molecule has 5 nitrogen and oxygen atoms in total. The number of nitrogens with zero attached hydrogens (tertiary/aromatic N) is 1. The third-order valence-corrected chi connectivity index (χ3v) is 3.06. The highest BCUT2D eigenvalue weighted by Gasteiger charge is 2.38. The third kappa shape index (κ3) is 2.36. The van der Waals surface area contributed by atoms with Crippen molar-refractivity contribution in [2.24, 2.45) is 0 Å². The summed E-state index contributed by atoms with van der Waals surface area (Å²) in [6, 6.07) is 6.67. The van der Waals surface area contributed by atoms with Crippen molar-refractivity contribution in [2.75, 3.05) is 0 Å². The summed E-state index contributed by atoms with van der Waals surface area (Å²) in [5.41, 5.74) is 0.785. The fourth-order valence-corrected chi connectivity index (χ4v) is 2.16. The fourth-order valence-electron chi connectivity index (χ4n) is 2.16. The van der Waals surface area contributed by atoms with Crippen LogP contribution in [0.4, 0.5) is 0 Å². The molecular formula is C14H16N2O3. The molecule has 0 saturated heterocycles. The lowest BCUT2D eigenvalue weighted by Crippen LogP contribution is -2.48. The largest absolute Gasteiger partial charge is 0.336 e. The van der Waals surface area contributed by atoms with E-state index < -0.39 is 6.17 Å². The number of carbonyl (C=O) groups excluding carboxylic acids is 3. The van der Waals surface area contributed by atoms with Crippen molar-refractivity contribution < 1.29 is 14.4 Å². The number of hydrogen-bond acceptors (Lipinski definition) is 3. The zero-order chi connectivity index (χ0) is 14.0. The van der Waals surface area contributed by atoms with E-state index in [2.05, 4.69) is 5.32 Å². The maximum atomic E-state index is 12.1. The van der Waals surface area contributed by atoms with Gasteiger partial charge in [-0.25, -0.2) is 0 Å². The Bertz CT molecular complexity index is 504. The van der Waals surface area contributed by atoms with Crippen molar-refractivity contribution >= 4 is 17.7 Å². The van der Waals surface area contributed by atoms with E-state index in [0.717, 1.165) is 11.3 Å². The summed E-state index contributed by atoms with van der Waals surface area (Å²) < 4.78 is 0. The molecule has 2 rings (SSSR count). The summed E-state index contributed by atoms with van der Waals surface area (Å²) in [6.45, 7) is 3.53. The van der Waals surface area contributed by atoms with Gasteiger partial charge in [0.2, 0.25) is 5.91 Å². The summed E-state index contributed by atoms with van der Waals surface area (Å²) >= 11 is 0.